The minimum absolute atomic E-state index is 0.0703. The fourth-order valence-corrected chi connectivity index (χ4v) is 4.64. The van der Waals surface area contributed by atoms with Crippen molar-refractivity contribution in [1.29, 1.82) is 0 Å². The molecule has 2 atom stereocenters. The van der Waals surface area contributed by atoms with E-state index in [1.54, 1.807) is 6.07 Å². The molecule has 0 saturated heterocycles. The second-order valence-electron chi connectivity index (χ2n) is 9.38. The molecule has 1 aliphatic rings. The van der Waals surface area contributed by atoms with Gasteiger partial charge in [0.25, 0.3) is 5.92 Å². The van der Waals surface area contributed by atoms with Crippen molar-refractivity contribution in [3.05, 3.63) is 70.0 Å². The average molecular weight is 477 g/mol. The SMILES string of the molecule is CCCCCc1ccc(C#CC2CCC(c3ccc(CCCC)cc3F)CC2(F)F)c(F)c1F. The molecule has 5 heteroatoms. The maximum absolute atomic E-state index is 14.9. The number of aryl methyl sites for hydroxylation is 2. The number of rotatable bonds is 8. The highest BCUT2D eigenvalue weighted by Gasteiger charge is 2.45. The molecule has 0 radical (unpaired) electrons. The number of benzene rings is 2. The van der Waals surface area contributed by atoms with E-state index in [0.29, 0.717) is 18.4 Å². The van der Waals surface area contributed by atoms with Crippen LogP contribution in [0.4, 0.5) is 22.0 Å². The van der Waals surface area contributed by atoms with Gasteiger partial charge in [-0.15, -0.1) is 0 Å². The van der Waals surface area contributed by atoms with E-state index in [1.807, 2.05) is 13.0 Å². The topological polar surface area (TPSA) is 0 Å². The predicted molar refractivity (Wildman–Crippen MR) is 127 cm³/mol. The summed E-state index contributed by atoms with van der Waals surface area (Å²) in [7, 11) is 0. The van der Waals surface area contributed by atoms with Crippen LogP contribution in [0.1, 0.15) is 93.4 Å². The van der Waals surface area contributed by atoms with Gasteiger partial charge in [0.2, 0.25) is 0 Å². The maximum Gasteiger partial charge on any atom is 0.262 e. The lowest BCUT2D eigenvalue weighted by atomic mass is 9.76. The van der Waals surface area contributed by atoms with Crippen molar-refractivity contribution in [3.63, 3.8) is 0 Å². The third kappa shape index (κ3) is 6.40. The molecule has 184 valence electrons. The van der Waals surface area contributed by atoms with Crippen LogP contribution in [0.5, 0.6) is 0 Å². The lowest BCUT2D eigenvalue weighted by Crippen LogP contribution is -2.34. The summed E-state index contributed by atoms with van der Waals surface area (Å²) in [4.78, 5) is 0. The lowest BCUT2D eigenvalue weighted by Gasteiger charge is -2.33. The van der Waals surface area contributed by atoms with Crippen LogP contribution in [0.15, 0.2) is 30.3 Å². The number of alkyl halides is 2. The number of hydrogen-bond acceptors (Lipinski definition) is 0. The molecule has 0 aromatic heterocycles. The first kappa shape index (κ1) is 26.3. The molecule has 3 rings (SSSR count). The Morgan fingerprint density at radius 3 is 2.32 bits per heavy atom. The van der Waals surface area contributed by atoms with Crippen LogP contribution < -0.4 is 0 Å². The molecule has 1 saturated carbocycles. The first-order valence-corrected chi connectivity index (χ1v) is 12.4. The summed E-state index contributed by atoms with van der Waals surface area (Å²) >= 11 is 0. The van der Waals surface area contributed by atoms with E-state index >= 15 is 0 Å². The van der Waals surface area contributed by atoms with Gasteiger partial charge < -0.3 is 0 Å². The molecule has 34 heavy (non-hydrogen) atoms. The zero-order valence-electron chi connectivity index (χ0n) is 20.0. The van der Waals surface area contributed by atoms with Crippen LogP contribution in [0.3, 0.4) is 0 Å². The fraction of sp³-hybridized carbons (Fsp3) is 0.517. The third-order valence-electron chi connectivity index (χ3n) is 6.75. The summed E-state index contributed by atoms with van der Waals surface area (Å²) in [5.41, 5.74) is 1.27. The van der Waals surface area contributed by atoms with E-state index in [1.165, 1.54) is 18.2 Å². The Hall–Kier alpha value is -2.35. The molecule has 0 heterocycles. The number of halogens is 5. The van der Waals surface area contributed by atoms with E-state index in [2.05, 4.69) is 18.8 Å². The molecule has 0 nitrogen and oxygen atoms in total. The van der Waals surface area contributed by atoms with Crippen LogP contribution in [-0.2, 0) is 12.8 Å². The molecule has 0 amide bonds. The molecule has 2 aromatic carbocycles. The van der Waals surface area contributed by atoms with Gasteiger partial charge in [0.1, 0.15) is 5.82 Å². The Bertz CT molecular complexity index is 1030. The molecule has 2 aromatic rings. The van der Waals surface area contributed by atoms with Crippen molar-refractivity contribution >= 4 is 0 Å². The van der Waals surface area contributed by atoms with Gasteiger partial charge in [0.15, 0.2) is 11.6 Å². The van der Waals surface area contributed by atoms with Crippen LogP contribution in [-0.4, -0.2) is 5.92 Å². The molecule has 0 N–H and O–H groups in total. The quantitative estimate of drug-likeness (QED) is 0.203. The van der Waals surface area contributed by atoms with Crippen LogP contribution in [0, 0.1) is 35.2 Å². The molecule has 0 aliphatic heterocycles. The summed E-state index contributed by atoms with van der Waals surface area (Å²) in [6.45, 7) is 4.09. The van der Waals surface area contributed by atoms with Crippen molar-refractivity contribution in [1.82, 2.24) is 0 Å². The summed E-state index contributed by atoms with van der Waals surface area (Å²) in [6, 6.07) is 7.76. The van der Waals surface area contributed by atoms with Gasteiger partial charge in [0, 0.05) is 6.42 Å². The molecule has 0 bridgehead atoms. The minimum atomic E-state index is -3.14. The number of hydrogen-bond donors (Lipinski definition) is 0. The van der Waals surface area contributed by atoms with Crippen LogP contribution >= 0.6 is 0 Å². The third-order valence-corrected chi connectivity index (χ3v) is 6.75. The van der Waals surface area contributed by atoms with Crippen molar-refractivity contribution in [3.8, 4) is 11.8 Å². The highest BCUT2D eigenvalue weighted by atomic mass is 19.3. The Labute approximate surface area is 200 Å². The van der Waals surface area contributed by atoms with Gasteiger partial charge in [-0.05, 0) is 73.3 Å². The van der Waals surface area contributed by atoms with E-state index in [4.69, 9.17) is 0 Å². The van der Waals surface area contributed by atoms with Crippen LogP contribution in [0.2, 0.25) is 0 Å². The predicted octanol–water partition coefficient (Wildman–Crippen LogP) is 8.75. The zero-order valence-corrected chi connectivity index (χ0v) is 20.0. The summed E-state index contributed by atoms with van der Waals surface area (Å²) in [5.74, 6) is -2.54. The van der Waals surface area contributed by atoms with E-state index in [9.17, 15) is 22.0 Å². The smallest absolute Gasteiger partial charge is 0.207 e. The van der Waals surface area contributed by atoms with E-state index in [-0.39, 0.29) is 17.5 Å². The van der Waals surface area contributed by atoms with E-state index in [0.717, 1.165) is 44.1 Å². The van der Waals surface area contributed by atoms with Crippen LogP contribution in [0.25, 0.3) is 0 Å². The second-order valence-corrected chi connectivity index (χ2v) is 9.38. The van der Waals surface area contributed by atoms with Gasteiger partial charge in [0.05, 0.1) is 11.5 Å². The van der Waals surface area contributed by atoms with Crippen molar-refractivity contribution < 1.29 is 22.0 Å². The largest absolute Gasteiger partial charge is 0.262 e. The molecule has 0 spiro atoms. The Morgan fingerprint density at radius 2 is 1.65 bits per heavy atom. The van der Waals surface area contributed by atoms with Crippen molar-refractivity contribution in [2.75, 3.05) is 0 Å². The fourth-order valence-electron chi connectivity index (χ4n) is 4.64. The standard InChI is InChI=1S/C29H33F5/c1-3-5-7-9-21-11-12-22(28(32)27(21)31)13-15-24-16-14-23(19-29(24,33)34)25-17-10-20(8-6-4-2)18-26(25)30/h10-12,17-18,23-24H,3-9,14,16,19H2,1-2H3. The first-order chi connectivity index (χ1) is 16.3. The van der Waals surface area contributed by atoms with Crippen molar-refractivity contribution in [2.45, 2.75) is 89.9 Å². The van der Waals surface area contributed by atoms with E-state index < -0.39 is 41.6 Å². The minimum Gasteiger partial charge on any atom is -0.207 e. The Kier molecular flexibility index (Phi) is 9.17. The summed E-state index contributed by atoms with van der Waals surface area (Å²) in [6.07, 6.45) is 5.74. The summed E-state index contributed by atoms with van der Waals surface area (Å²) in [5, 5.41) is 0. The highest BCUT2D eigenvalue weighted by Crippen LogP contribution is 2.45. The second kappa shape index (κ2) is 11.9. The van der Waals surface area contributed by atoms with Gasteiger partial charge in [-0.25, -0.2) is 22.0 Å². The number of unbranched alkanes of at least 4 members (excludes halogenated alkanes) is 3. The van der Waals surface area contributed by atoms with Crippen molar-refractivity contribution in [2.24, 2.45) is 5.92 Å². The zero-order chi connectivity index (χ0) is 24.7. The van der Waals surface area contributed by atoms with Gasteiger partial charge in [-0.3, -0.25) is 0 Å². The lowest BCUT2D eigenvalue weighted by molar-refractivity contribution is -0.0708. The Balaban J connectivity index is 1.70. The monoisotopic (exact) mass is 476 g/mol. The first-order valence-electron chi connectivity index (χ1n) is 12.4. The maximum atomic E-state index is 14.9. The van der Waals surface area contributed by atoms with Gasteiger partial charge >= 0.3 is 0 Å². The molecular formula is C29H33F5. The summed E-state index contributed by atoms with van der Waals surface area (Å²) < 4.78 is 73.3. The molecule has 1 aliphatic carbocycles. The molecule has 2 unspecified atom stereocenters. The van der Waals surface area contributed by atoms with Gasteiger partial charge in [-0.2, -0.15) is 0 Å². The normalized spacial score (nSPS) is 19.5. The average Bonchev–Trinajstić information content (AvgIpc) is 2.80. The Morgan fingerprint density at radius 1 is 0.882 bits per heavy atom. The van der Waals surface area contributed by atoms with Gasteiger partial charge in [-0.1, -0.05) is 63.1 Å². The molecular weight excluding hydrogens is 443 g/mol. The highest BCUT2D eigenvalue weighted by molar-refractivity contribution is 5.39. The molecule has 1 fully saturated rings.